The highest BCUT2D eigenvalue weighted by molar-refractivity contribution is 7.99. The molecule has 2 N–H and O–H groups in total. The molecule has 86 valence electrons. The average molecular weight is 237 g/mol. The van der Waals surface area contributed by atoms with Gasteiger partial charge in [-0.1, -0.05) is 30.3 Å². The highest BCUT2D eigenvalue weighted by atomic mass is 32.2. The molecule has 16 heavy (non-hydrogen) atoms. The van der Waals surface area contributed by atoms with Crippen LogP contribution in [0, 0.1) is 0 Å². The zero-order valence-electron chi connectivity index (χ0n) is 8.98. The van der Waals surface area contributed by atoms with E-state index in [1.54, 1.807) is 11.8 Å². The molecular formula is C12H15NO2S. The van der Waals surface area contributed by atoms with E-state index in [1.165, 1.54) is 0 Å². The van der Waals surface area contributed by atoms with Gasteiger partial charge in [0.25, 0.3) is 5.91 Å². The molecule has 0 aromatic heterocycles. The summed E-state index contributed by atoms with van der Waals surface area (Å²) in [5.74, 6) is 1.12. The number of amides is 1. The number of benzene rings is 1. The molecule has 1 heterocycles. The quantitative estimate of drug-likeness (QED) is 0.829. The van der Waals surface area contributed by atoms with E-state index in [1.807, 2.05) is 30.3 Å². The minimum Gasteiger partial charge on any atom is -0.379 e. The van der Waals surface area contributed by atoms with Gasteiger partial charge in [-0.25, -0.2) is 0 Å². The zero-order valence-corrected chi connectivity index (χ0v) is 9.80. The van der Waals surface area contributed by atoms with Crippen molar-refractivity contribution in [2.45, 2.75) is 18.6 Å². The maximum absolute atomic E-state index is 11.8. The summed E-state index contributed by atoms with van der Waals surface area (Å²) in [6.45, 7) is 0.479. The van der Waals surface area contributed by atoms with Crippen molar-refractivity contribution in [3.63, 3.8) is 0 Å². The van der Waals surface area contributed by atoms with Crippen LogP contribution in [0.4, 0.5) is 0 Å². The van der Waals surface area contributed by atoms with Crippen molar-refractivity contribution in [3.8, 4) is 0 Å². The molecular weight excluding hydrogens is 222 g/mol. The Kier molecular flexibility index (Phi) is 3.51. The second kappa shape index (κ2) is 4.89. The molecule has 1 aliphatic rings. The Morgan fingerprint density at radius 3 is 2.81 bits per heavy atom. The van der Waals surface area contributed by atoms with Crippen molar-refractivity contribution in [1.29, 1.82) is 0 Å². The van der Waals surface area contributed by atoms with Gasteiger partial charge < -0.3 is 10.4 Å². The summed E-state index contributed by atoms with van der Waals surface area (Å²) < 4.78 is 0. The van der Waals surface area contributed by atoms with Gasteiger partial charge in [0.1, 0.15) is 0 Å². The lowest BCUT2D eigenvalue weighted by Gasteiger charge is -2.20. The summed E-state index contributed by atoms with van der Waals surface area (Å²) >= 11 is 1.62. The molecule has 3 nitrogen and oxygen atoms in total. The fourth-order valence-corrected chi connectivity index (χ4v) is 2.92. The molecule has 1 aromatic carbocycles. The van der Waals surface area contributed by atoms with Gasteiger partial charge in [0.15, 0.2) is 5.60 Å². The maximum atomic E-state index is 11.8. The van der Waals surface area contributed by atoms with Gasteiger partial charge in [0.2, 0.25) is 0 Å². The minimum atomic E-state index is -1.15. The number of rotatable bonds is 3. The van der Waals surface area contributed by atoms with E-state index in [9.17, 15) is 9.90 Å². The van der Waals surface area contributed by atoms with Crippen molar-refractivity contribution < 1.29 is 9.90 Å². The Balaban J connectivity index is 1.89. The van der Waals surface area contributed by atoms with E-state index in [0.717, 1.165) is 11.3 Å². The van der Waals surface area contributed by atoms with E-state index < -0.39 is 5.60 Å². The Morgan fingerprint density at radius 1 is 1.44 bits per heavy atom. The molecule has 1 fully saturated rings. The van der Waals surface area contributed by atoms with Crippen LogP contribution in [0.25, 0.3) is 0 Å². The van der Waals surface area contributed by atoms with Crippen LogP contribution in [0.2, 0.25) is 0 Å². The van der Waals surface area contributed by atoms with Gasteiger partial charge in [-0.05, 0) is 17.7 Å². The lowest BCUT2D eigenvalue weighted by molar-refractivity contribution is -0.137. The van der Waals surface area contributed by atoms with Crippen LogP contribution in [0.15, 0.2) is 30.3 Å². The molecule has 1 atom stereocenters. The molecule has 0 aliphatic carbocycles. The molecule has 4 heteroatoms. The molecule has 1 aromatic rings. The molecule has 0 saturated carbocycles. The monoisotopic (exact) mass is 237 g/mol. The molecule has 1 unspecified atom stereocenters. The minimum absolute atomic E-state index is 0.249. The lowest BCUT2D eigenvalue weighted by Crippen LogP contribution is -2.46. The average Bonchev–Trinajstić information content (AvgIpc) is 2.76. The van der Waals surface area contributed by atoms with Gasteiger partial charge in [0.05, 0.1) is 0 Å². The number of carbonyl (C=O) groups is 1. The third-order valence-corrected chi connectivity index (χ3v) is 3.89. The summed E-state index contributed by atoms with van der Waals surface area (Å²) in [5, 5.41) is 12.8. The van der Waals surface area contributed by atoms with Crippen LogP contribution < -0.4 is 5.32 Å². The van der Waals surface area contributed by atoms with Crippen LogP contribution in [-0.4, -0.2) is 28.1 Å². The third kappa shape index (κ3) is 2.57. The zero-order chi connectivity index (χ0) is 11.4. The van der Waals surface area contributed by atoms with Gasteiger partial charge in [-0.2, -0.15) is 11.8 Å². The normalized spacial score (nSPS) is 24.3. The van der Waals surface area contributed by atoms with Crippen molar-refractivity contribution in [3.05, 3.63) is 35.9 Å². The summed E-state index contributed by atoms with van der Waals surface area (Å²) in [6, 6.07) is 9.71. The second-order valence-corrected chi connectivity index (χ2v) is 5.11. The lowest BCUT2D eigenvalue weighted by atomic mass is 10.0. The van der Waals surface area contributed by atoms with Crippen LogP contribution in [0.1, 0.15) is 12.0 Å². The van der Waals surface area contributed by atoms with E-state index in [0.29, 0.717) is 18.7 Å². The number of aliphatic hydroxyl groups is 1. The molecule has 1 aliphatic heterocycles. The molecule has 0 bridgehead atoms. The highest BCUT2D eigenvalue weighted by Gasteiger charge is 2.39. The fraction of sp³-hybridized carbons (Fsp3) is 0.417. The summed E-state index contributed by atoms with van der Waals surface area (Å²) in [4.78, 5) is 11.8. The third-order valence-electron chi connectivity index (χ3n) is 2.72. The molecule has 2 rings (SSSR count). The first kappa shape index (κ1) is 11.5. The van der Waals surface area contributed by atoms with Crippen LogP contribution in [0.5, 0.6) is 0 Å². The number of hydrogen-bond acceptors (Lipinski definition) is 3. The first-order valence-corrected chi connectivity index (χ1v) is 6.48. The van der Waals surface area contributed by atoms with Crippen molar-refractivity contribution >= 4 is 17.7 Å². The topological polar surface area (TPSA) is 49.3 Å². The molecule has 0 radical (unpaired) electrons. The van der Waals surface area contributed by atoms with Crippen LogP contribution in [-0.2, 0) is 11.3 Å². The summed E-state index contributed by atoms with van der Waals surface area (Å²) in [5.41, 5.74) is -0.107. The largest absolute Gasteiger partial charge is 0.379 e. The van der Waals surface area contributed by atoms with E-state index in [2.05, 4.69) is 5.32 Å². The highest BCUT2D eigenvalue weighted by Crippen LogP contribution is 2.27. The molecule has 0 spiro atoms. The van der Waals surface area contributed by atoms with Gasteiger partial charge in [0, 0.05) is 12.3 Å². The Labute approximate surface area is 99.2 Å². The predicted octanol–water partition coefficient (Wildman–Crippen LogP) is 1.17. The van der Waals surface area contributed by atoms with Crippen molar-refractivity contribution in [2.75, 3.05) is 11.5 Å². The van der Waals surface area contributed by atoms with Crippen LogP contribution in [0.3, 0.4) is 0 Å². The Morgan fingerprint density at radius 2 is 2.19 bits per heavy atom. The van der Waals surface area contributed by atoms with E-state index in [-0.39, 0.29) is 5.91 Å². The summed E-state index contributed by atoms with van der Waals surface area (Å²) in [6.07, 6.45) is 0.554. The first-order chi connectivity index (χ1) is 7.71. The Bertz CT molecular complexity index is 361. The van der Waals surface area contributed by atoms with Gasteiger partial charge in [-0.3, -0.25) is 4.79 Å². The van der Waals surface area contributed by atoms with Gasteiger partial charge >= 0.3 is 0 Å². The van der Waals surface area contributed by atoms with Gasteiger partial charge in [-0.15, -0.1) is 0 Å². The van der Waals surface area contributed by atoms with Crippen molar-refractivity contribution in [1.82, 2.24) is 5.32 Å². The second-order valence-electron chi connectivity index (χ2n) is 4.00. The standard InChI is InChI=1S/C12H15NO2S/c14-11(12(15)6-7-16-9-12)13-8-10-4-2-1-3-5-10/h1-5,15H,6-9H2,(H,13,14). The van der Waals surface area contributed by atoms with E-state index >= 15 is 0 Å². The molecule has 1 saturated heterocycles. The number of carbonyl (C=O) groups excluding carboxylic acids is 1. The number of hydrogen-bond donors (Lipinski definition) is 2. The Hall–Kier alpha value is -1.00. The summed E-state index contributed by atoms with van der Waals surface area (Å²) in [7, 11) is 0. The maximum Gasteiger partial charge on any atom is 0.253 e. The number of thioether (sulfide) groups is 1. The molecule has 1 amide bonds. The predicted molar refractivity (Wildman–Crippen MR) is 65.2 cm³/mol. The number of nitrogens with one attached hydrogen (secondary N) is 1. The first-order valence-electron chi connectivity index (χ1n) is 5.33. The smallest absolute Gasteiger partial charge is 0.253 e. The SMILES string of the molecule is O=C(NCc1ccccc1)C1(O)CCSC1. The fourth-order valence-electron chi connectivity index (χ4n) is 1.68. The van der Waals surface area contributed by atoms with Crippen LogP contribution >= 0.6 is 11.8 Å². The van der Waals surface area contributed by atoms with Crippen molar-refractivity contribution in [2.24, 2.45) is 0 Å². The van der Waals surface area contributed by atoms with E-state index in [4.69, 9.17) is 0 Å².